The van der Waals surface area contributed by atoms with Crippen LogP contribution in [0.5, 0.6) is 0 Å². The lowest BCUT2D eigenvalue weighted by Crippen LogP contribution is -2.22. The smallest absolute Gasteiger partial charge is 0.146 e. The van der Waals surface area contributed by atoms with Crippen molar-refractivity contribution in [3.8, 4) is 0 Å². The van der Waals surface area contributed by atoms with E-state index in [1.807, 2.05) is 0 Å². The Morgan fingerprint density at radius 2 is 1.61 bits per heavy atom. The van der Waals surface area contributed by atoms with Gasteiger partial charge in [-0.05, 0) is 31.3 Å². The van der Waals surface area contributed by atoms with Gasteiger partial charge in [-0.2, -0.15) is 0 Å². The standard InChI is InChI=1S/C13H11F3N2/c1-17-13(12-10(16)6-3-7-18-12)11-8(14)4-2-5-9(11)15/h2-7,13,17H,1H3. The second-order valence-corrected chi connectivity index (χ2v) is 3.73. The van der Waals surface area contributed by atoms with Crippen LogP contribution in [0.25, 0.3) is 0 Å². The molecular formula is C13H11F3N2. The first-order valence-corrected chi connectivity index (χ1v) is 5.36. The molecule has 18 heavy (non-hydrogen) atoms. The van der Waals surface area contributed by atoms with Crippen molar-refractivity contribution < 1.29 is 13.2 Å². The summed E-state index contributed by atoms with van der Waals surface area (Å²) in [6, 6.07) is 5.17. The van der Waals surface area contributed by atoms with Gasteiger partial charge in [-0.25, -0.2) is 13.2 Å². The summed E-state index contributed by atoms with van der Waals surface area (Å²) in [6.45, 7) is 0. The first-order chi connectivity index (χ1) is 8.65. The van der Waals surface area contributed by atoms with Gasteiger partial charge in [0.2, 0.25) is 0 Å². The van der Waals surface area contributed by atoms with E-state index < -0.39 is 23.5 Å². The molecule has 94 valence electrons. The summed E-state index contributed by atoms with van der Waals surface area (Å²) >= 11 is 0. The molecule has 2 rings (SSSR count). The highest BCUT2D eigenvalue weighted by atomic mass is 19.1. The van der Waals surface area contributed by atoms with Crippen LogP contribution in [0.1, 0.15) is 17.3 Å². The van der Waals surface area contributed by atoms with E-state index in [9.17, 15) is 13.2 Å². The van der Waals surface area contributed by atoms with Crippen LogP contribution < -0.4 is 5.32 Å². The number of hydrogen-bond donors (Lipinski definition) is 1. The van der Waals surface area contributed by atoms with E-state index in [1.54, 1.807) is 0 Å². The van der Waals surface area contributed by atoms with Crippen LogP contribution in [-0.4, -0.2) is 12.0 Å². The SMILES string of the molecule is CNC(c1ncccc1F)c1c(F)cccc1F. The van der Waals surface area contributed by atoms with Gasteiger partial charge in [-0.3, -0.25) is 4.98 Å². The van der Waals surface area contributed by atoms with Crippen LogP contribution in [0.3, 0.4) is 0 Å². The molecule has 0 radical (unpaired) electrons. The monoisotopic (exact) mass is 252 g/mol. The summed E-state index contributed by atoms with van der Waals surface area (Å²) in [5, 5.41) is 2.67. The van der Waals surface area contributed by atoms with Crippen LogP contribution in [-0.2, 0) is 0 Å². The van der Waals surface area contributed by atoms with Crippen molar-refractivity contribution in [1.29, 1.82) is 0 Å². The summed E-state index contributed by atoms with van der Waals surface area (Å²) in [5.41, 5.74) is -0.276. The number of benzene rings is 1. The quantitative estimate of drug-likeness (QED) is 0.908. The Bertz CT molecular complexity index is 537. The van der Waals surface area contributed by atoms with Crippen LogP contribution in [0, 0.1) is 17.5 Å². The average molecular weight is 252 g/mol. The Hall–Kier alpha value is -1.88. The Morgan fingerprint density at radius 1 is 1.00 bits per heavy atom. The predicted octanol–water partition coefficient (Wildman–Crippen LogP) is 2.81. The van der Waals surface area contributed by atoms with Gasteiger partial charge in [-0.15, -0.1) is 0 Å². The van der Waals surface area contributed by atoms with Gasteiger partial charge in [0.15, 0.2) is 0 Å². The molecule has 2 aromatic rings. The number of nitrogens with zero attached hydrogens (tertiary/aromatic N) is 1. The minimum atomic E-state index is -0.965. The third kappa shape index (κ3) is 2.22. The molecule has 0 spiro atoms. The van der Waals surface area contributed by atoms with E-state index >= 15 is 0 Å². The molecule has 0 saturated heterocycles. The maximum absolute atomic E-state index is 13.7. The molecule has 1 N–H and O–H groups in total. The number of hydrogen-bond acceptors (Lipinski definition) is 2. The normalized spacial score (nSPS) is 12.4. The van der Waals surface area contributed by atoms with Gasteiger partial charge >= 0.3 is 0 Å². The maximum Gasteiger partial charge on any atom is 0.146 e. The number of pyridine rings is 1. The average Bonchev–Trinajstić information content (AvgIpc) is 2.35. The lowest BCUT2D eigenvalue weighted by atomic mass is 10.0. The molecule has 1 heterocycles. The molecule has 0 bridgehead atoms. The highest BCUT2D eigenvalue weighted by molar-refractivity contribution is 5.30. The predicted molar refractivity (Wildman–Crippen MR) is 61.5 cm³/mol. The van der Waals surface area contributed by atoms with Gasteiger partial charge in [0, 0.05) is 11.8 Å². The fourth-order valence-electron chi connectivity index (χ4n) is 1.81. The van der Waals surface area contributed by atoms with E-state index in [4.69, 9.17) is 0 Å². The zero-order valence-electron chi connectivity index (χ0n) is 9.62. The topological polar surface area (TPSA) is 24.9 Å². The van der Waals surface area contributed by atoms with Crippen LogP contribution in [0.4, 0.5) is 13.2 Å². The van der Waals surface area contributed by atoms with Crippen molar-refractivity contribution in [1.82, 2.24) is 10.3 Å². The van der Waals surface area contributed by atoms with Crippen molar-refractivity contribution in [3.05, 3.63) is 65.2 Å². The summed E-state index contributed by atoms with van der Waals surface area (Å²) in [5.74, 6) is -2.08. The Labute approximate surface area is 102 Å². The molecule has 2 nitrogen and oxygen atoms in total. The van der Waals surface area contributed by atoms with Gasteiger partial charge in [0.25, 0.3) is 0 Å². The van der Waals surface area contributed by atoms with Gasteiger partial charge in [0.1, 0.15) is 17.5 Å². The van der Waals surface area contributed by atoms with Crippen molar-refractivity contribution >= 4 is 0 Å². The van der Waals surface area contributed by atoms with Crippen molar-refractivity contribution in [2.75, 3.05) is 7.05 Å². The Kier molecular flexibility index (Phi) is 3.62. The fourth-order valence-corrected chi connectivity index (χ4v) is 1.81. The van der Waals surface area contributed by atoms with E-state index in [0.29, 0.717) is 0 Å². The third-order valence-corrected chi connectivity index (χ3v) is 2.64. The lowest BCUT2D eigenvalue weighted by Gasteiger charge is -2.17. The van der Waals surface area contributed by atoms with E-state index in [-0.39, 0.29) is 11.3 Å². The van der Waals surface area contributed by atoms with E-state index in [2.05, 4.69) is 10.3 Å². The molecule has 0 saturated carbocycles. The molecular weight excluding hydrogens is 241 g/mol. The van der Waals surface area contributed by atoms with Gasteiger partial charge in [-0.1, -0.05) is 6.07 Å². The number of nitrogens with one attached hydrogen (secondary N) is 1. The zero-order chi connectivity index (χ0) is 13.1. The molecule has 1 unspecified atom stereocenters. The van der Waals surface area contributed by atoms with Crippen LogP contribution >= 0.6 is 0 Å². The molecule has 1 aromatic heterocycles. The molecule has 1 atom stereocenters. The minimum absolute atomic E-state index is 0.0380. The second-order valence-electron chi connectivity index (χ2n) is 3.73. The zero-order valence-corrected chi connectivity index (χ0v) is 9.62. The van der Waals surface area contributed by atoms with Gasteiger partial charge < -0.3 is 5.32 Å². The summed E-state index contributed by atoms with van der Waals surface area (Å²) in [7, 11) is 1.49. The summed E-state index contributed by atoms with van der Waals surface area (Å²) < 4.78 is 41.0. The van der Waals surface area contributed by atoms with Crippen LogP contribution in [0.15, 0.2) is 36.5 Å². The molecule has 0 aliphatic carbocycles. The Morgan fingerprint density at radius 3 is 2.17 bits per heavy atom. The molecule has 1 aromatic carbocycles. The molecule has 0 fully saturated rings. The fraction of sp³-hybridized carbons (Fsp3) is 0.154. The highest BCUT2D eigenvalue weighted by Crippen LogP contribution is 2.26. The van der Waals surface area contributed by atoms with Crippen molar-refractivity contribution in [2.24, 2.45) is 0 Å². The van der Waals surface area contributed by atoms with Gasteiger partial charge in [0.05, 0.1) is 11.7 Å². The third-order valence-electron chi connectivity index (χ3n) is 2.64. The van der Waals surface area contributed by atoms with E-state index in [1.165, 1.54) is 31.4 Å². The van der Waals surface area contributed by atoms with Crippen molar-refractivity contribution in [2.45, 2.75) is 6.04 Å². The van der Waals surface area contributed by atoms with Crippen LogP contribution in [0.2, 0.25) is 0 Å². The summed E-state index contributed by atoms with van der Waals surface area (Å²) in [4.78, 5) is 3.84. The first-order valence-electron chi connectivity index (χ1n) is 5.36. The first kappa shape index (κ1) is 12.6. The Balaban J connectivity index is 2.56. The largest absolute Gasteiger partial charge is 0.308 e. The molecule has 5 heteroatoms. The number of aromatic nitrogens is 1. The molecule has 0 aliphatic rings. The number of halogens is 3. The van der Waals surface area contributed by atoms with E-state index in [0.717, 1.165) is 12.1 Å². The maximum atomic E-state index is 13.7. The molecule has 0 amide bonds. The summed E-state index contributed by atoms with van der Waals surface area (Å²) in [6.07, 6.45) is 1.38. The van der Waals surface area contributed by atoms with Crippen molar-refractivity contribution in [3.63, 3.8) is 0 Å². The minimum Gasteiger partial charge on any atom is -0.308 e. The lowest BCUT2D eigenvalue weighted by molar-refractivity contribution is 0.499. The number of rotatable bonds is 3. The molecule has 0 aliphatic heterocycles. The second kappa shape index (κ2) is 5.18. The highest BCUT2D eigenvalue weighted by Gasteiger charge is 2.23.